The molecule has 1 aliphatic carbocycles. The van der Waals surface area contributed by atoms with Gasteiger partial charge in [-0.2, -0.15) is 0 Å². The molecular formula is C9H15FN2. The number of alkyl halides is 1. The summed E-state index contributed by atoms with van der Waals surface area (Å²) in [7, 11) is 0. The summed E-state index contributed by atoms with van der Waals surface area (Å²) >= 11 is 0. The third-order valence-corrected chi connectivity index (χ3v) is 1.71. The molecule has 0 radical (unpaired) electrons. The summed E-state index contributed by atoms with van der Waals surface area (Å²) in [4.78, 5) is 0. The molecule has 68 valence electrons. The topological polar surface area (TPSA) is 38.0 Å². The zero-order valence-electron chi connectivity index (χ0n) is 7.04. The predicted molar refractivity (Wildman–Crippen MR) is 48.1 cm³/mol. The average Bonchev–Trinajstić information content (AvgIpc) is 2.84. The van der Waals surface area contributed by atoms with Crippen molar-refractivity contribution in [2.24, 2.45) is 5.73 Å². The number of rotatable bonds is 5. The number of nitrogens with one attached hydrogen (secondary N) is 1. The third kappa shape index (κ3) is 4.01. The Morgan fingerprint density at radius 3 is 2.92 bits per heavy atom. The van der Waals surface area contributed by atoms with E-state index >= 15 is 0 Å². The molecule has 1 aliphatic rings. The second kappa shape index (κ2) is 4.80. The van der Waals surface area contributed by atoms with Crippen molar-refractivity contribution in [1.29, 1.82) is 0 Å². The van der Waals surface area contributed by atoms with Crippen molar-refractivity contribution < 1.29 is 4.39 Å². The molecule has 0 spiro atoms. The van der Waals surface area contributed by atoms with Gasteiger partial charge in [-0.05, 0) is 31.3 Å². The maximum absolute atomic E-state index is 12.8. The highest BCUT2D eigenvalue weighted by atomic mass is 19.1. The molecule has 1 rings (SSSR count). The summed E-state index contributed by atoms with van der Waals surface area (Å²) in [5.41, 5.74) is 5.08. The Morgan fingerprint density at radius 2 is 2.33 bits per heavy atom. The van der Waals surface area contributed by atoms with E-state index in [1.807, 2.05) is 0 Å². The van der Waals surface area contributed by atoms with Gasteiger partial charge in [-0.15, -0.1) is 0 Å². The van der Waals surface area contributed by atoms with Gasteiger partial charge in [-0.25, -0.2) is 4.39 Å². The van der Waals surface area contributed by atoms with Crippen LogP contribution >= 0.6 is 0 Å². The highest BCUT2D eigenvalue weighted by molar-refractivity contribution is 4.95. The molecule has 2 nitrogen and oxygen atoms in total. The van der Waals surface area contributed by atoms with E-state index in [2.05, 4.69) is 5.32 Å². The van der Waals surface area contributed by atoms with E-state index in [1.165, 1.54) is 25.1 Å². The number of halogens is 1. The monoisotopic (exact) mass is 170 g/mol. The van der Waals surface area contributed by atoms with Gasteiger partial charge in [0.15, 0.2) is 0 Å². The van der Waals surface area contributed by atoms with Gasteiger partial charge in [-0.1, -0.05) is 6.08 Å². The first-order chi connectivity index (χ1) is 5.83. The van der Waals surface area contributed by atoms with Gasteiger partial charge in [0.05, 0.1) is 0 Å². The molecule has 0 aromatic heterocycles. The van der Waals surface area contributed by atoms with Crippen molar-refractivity contribution in [2.75, 3.05) is 0 Å². The van der Waals surface area contributed by atoms with Crippen LogP contribution < -0.4 is 11.1 Å². The molecule has 0 saturated heterocycles. The van der Waals surface area contributed by atoms with Crippen molar-refractivity contribution in [3.05, 3.63) is 24.6 Å². The van der Waals surface area contributed by atoms with Crippen LogP contribution in [0.25, 0.3) is 0 Å². The summed E-state index contributed by atoms with van der Waals surface area (Å²) in [5.74, 6) is 0. The maximum Gasteiger partial charge on any atom is 0.123 e. The minimum atomic E-state index is -0.920. The van der Waals surface area contributed by atoms with Crippen molar-refractivity contribution in [2.45, 2.75) is 31.5 Å². The first kappa shape index (κ1) is 9.10. The lowest BCUT2D eigenvalue weighted by atomic mass is 10.2. The van der Waals surface area contributed by atoms with Crippen LogP contribution in [-0.2, 0) is 0 Å². The highest BCUT2D eigenvalue weighted by Gasteiger charge is 2.18. The molecule has 0 amide bonds. The average molecular weight is 170 g/mol. The van der Waals surface area contributed by atoms with Crippen LogP contribution in [0.15, 0.2) is 24.6 Å². The van der Waals surface area contributed by atoms with Gasteiger partial charge in [-0.3, -0.25) is 0 Å². The van der Waals surface area contributed by atoms with Crippen LogP contribution in [0.2, 0.25) is 0 Å². The standard InChI is InChI=1S/C9H15FN2/c10-8(2-1-6-11)5-7-12-9-3-4-9/h1,5-9,12H,2-4,11H2/b6-1+,7-5+. The van der Waals surface area contributed by atoms with E-state index < -0.39 is 6.17 Å². The Labute approximate surface area is 72.3 Å². The second-order valence-electron chi connectivity index (χ2n) is 2.98. The van der Waals surface area contributed by atoms with Gasteiger partial charge < -0.3 is 11.1 Å². The van der Waals surface area contributed by atoms with Crippen molar-refractivity contribution >= 4 is 0 Å². The molecule has 3 N–H and O–H groups in total. The van der Waals surface area contributed by atoms with Gasteiger partial charge in [0.2, 0.25) is 0 Å². The third-order valence-electron chi connectivity index (χ3n) is 1.71. The van der Waals surface area contributed by atoms with E-state index in [1.54, 1.807) is 12.3 Å². The van der Waals surface area contributed by atoms with Crippen LogP contribution in [0.5, 0.6) is 0 Å². The Bertz CT molecular complexity index is 173. The van der Waals surface area contributed by atoms with E-state index in [-0.39, 0.29) is 0 Å². The summed E-state index contributed by atoms with van der Waals surface area (Å²) in [6, 6.07) is 0.596. The molecule has 1 unspecified atom stereocenters. The summed E-state index contributed by atoms with van der Waals surface area (Å²) < 4.78 is 12.8. The van der Waals surface area contributed by atoms with Crippen molar-refractivity contribution in [1.82, 2.24) is 5.32 Å². The lowest BCUT2D eigenvalue weighted by molar-refractivity contribution is 0.402. The SMILES string of the molecule is N/C=C/CC(F)/C=C/NC1CC1. The normalized spacial score (nSPS) is 20.4. The molecule has 0 aliphatic heterocycles. The van der Waals surface area contributed by atoms with Gasteiger partial charge in [0, 0.05) is 12.5 Å². The van der Waals surface area contributed by atoms with E-state index in [4.69, 9.17) is 5.73 Å². The Balaban J connectivity index is 2.05. The summed E-state index contributed by atoms with van der Waals surface area (Å²) in [5, 5.41) is 3.09. The molecule has 1 saturated carbocycles. The molecule has 1 atom stereocenters. The Hall–Kier alpha value is -0.990. The first-order valence-electron chi connectivity index (χ1n) is 4.26. The molecule has 0 heterocycles. The summed E-state index contributed by atoms with van der Waals surface area (Å²) in [6.45, 7) is 0. The second-order valence-corrected chi connectivity index (χ2v) is 2.98. The van der Waals surface area contributed by atoms with Crippen LogP contribution in [0.1, 0.15) is 19.3 Å². The summed E-state index contributed by atoms with van der Waals surface area (Å²) in [6.07, 6.45) is 8.08. The number of hydrogen-bond donors (Lipinski definition) is 2. The van der Waals surface area contributed by atoms with Gasteiger partial charge in [0.25, 0.3) is 0 Å². The van der Waals surface area contributed by atoms with E-state index in [0.29, 0.717) is 12.5 Å². The van der Waals surface area contributed by atoms with Crippen molar-refractivity contribution in [3.63, 3.8) is 0 Å². The van der Waals surface area contributed by atoms with Crippen LogP contribution in [-0.4, -0.2) is 12.2 Å². The van der Waals surface area contributed by atoms with Crippen LogP contribution in [0.3, 0.4) is 0 Å². The number of nitrogens with two attached hydrogens (primary N) is 1. The predicted octanol–water partition coefficient (Wildman–Crippen LogP) is 1.45. The molecular weight excluding hydrogens is 155 g/mol. The smallest absolute Gasteiger partial charge is 0.123 e. The highest BCUT2D eigenvalue weighted by Crippen LogP contribution is 2.18. The van der Waals surface area contributed by atoms with Crippen molar-refractivity contribution in [3.8, 4) is 0 Å². The number of hydrogen-bond acceptors (Lipinski definition) is 2. The lowest BCUT2D eigenvalue weighted by Crippen LogP contribution is -2.07. The zero-order chi connectivity index (χ0) is 8.81. The fourth-order valence-corrected chi connectivity index (χ4v) is 0.833. The maximum atomic E-state index is 12.8. The van der Waals surface area contributed by atoms with Crippen LogP contribution in [0, 0.1) is 0 Å². The molecule has 0 aromatic carbocycles. The van der Waals surface area contributed by atoms with Gasteiger partial charge in [0.1, 0.15) is 6.17 Å². The van der Waals surface area contributed by atoms with Gasteiger partial charge >= 0.3 is 0 Å². The zero-order valence-corrected chi connectivity index (χ0v) is 7.04. The first-order valence-corrected chi connectivity index (χ1v) is 4.26. The number of allylic oxidation sites excluding steroid dienone is 2. The molecule has 12 heavy (non-hydrogen) atoms. The lowest BCUT2D eigenvalue weighted by Gasteiger charge is -1.98. The molecule has 3 heteroatoms. The molecule has 0 bridgehead atoms. The minimum absolute atomic E-state index is 0.360. The van der Waals surface area contributed by atoms with E-state index in [9.17, 15) is 4.39 Å². The quantitative estimate of drug-likeness (QED) is 0.655. The minimum Gasteiger partial charge on any atom is -0.405 e. The largest absolute Gasteiger partial charge is 0.405 e. The fraction of sp³-hybridized carbons (Fsp3) is 0.556. The molecule has 1 fully saturated rings. The Morgan fingerprint density at radius 1 is 1.58 bits per heavy atom. The van der Waals surface area contributed by atoms with Crippen LogP contribution in [0.4, 0.5) is 4.39 Å². The van der Waals surface area contributed by atoms with E-state index in [0.717, 1.165) is 0 Å². The fourth-order valence-electron chi connectivity index (χ4n) is 0.833. The Kier molecular flexibility index (Phi) is 3.64. The molecule has 0 aromatic rings.